The first-order chi connectivity index (χ1) is 13.1. The largest absolute Gasteiger partial charge is 0.464 e. The second-order valence-electron chi connectivity index (χ2n) is 6.44. The Morgan fingerprint density at radius 3 is 2.78 bits per heavy atom. The highest BCUT2D eigenvalue weighted by Gasteiger charge is 2.41. The number of hydrogen-bond donors (Lipinski definition) is 0. The predicted molar refractivity (Wildman–Crippen MR) is 114 cm³/mol. The van der Waals surface area contributed by atoms with E-state index in [0.717, 1.165) is 33.5 Å². The summed E-state index contributed by atoms with van der Waals surface area (Å²) in [7, 11) is 0. The third-order valence-corrected chi connectivity index (χ3v) is 6.76. The number of hydrazone groups is 1. The molecular formula is C20H13BrCl2N2OS. The molecule has 0 amide bonds. The molecule has 0 radical (unpaired) electrons. The number of rotatable bonds is 2. The number of benzene rings is 2. The van der Waals surface area contributed by atoms with E-state index in [0.29, 0.717) is 10.0 Å². The zero-order chi connectivity index (χ0) is 18.5. The molecule has 2 aromatic carbocycles. The Hall–Kier alpha value is -1.53. The van der Waals surface area contributed by atoms with Gasteiger partial charge < -0.3 is 4.74 Å². The minimum atomic E-state index is -0.397. The molecule has 0 unspecified atom stereocenters. The first-order valence-electron chi connectivity index (χ1n) is 8.41. The lowest BCUT2D eigenvalue weighted by Crippen LogP contribution is -2.33. The highest BCUT2D eigenvalue weighted by atomic mass is 79.9. The molecule has 3 heterocycles. The highest BCUT2D eigenvalue weighted by molar-refractivity contribution is 9.10. The lowest BCUT2D eigenvalue weighted by atomic mass is 9.97. The summed E-state index contributed by atoms with van der Waals surface area (Å²) in [5, 5.41) is 10.2. The maximum Gasteiger partial charge on any atom is 0.215 e. The number of nitrogens with zero attached hydrogens (tertiary/aromatic N) is 2. The van der Waals surface area contributed by atoms with Crippen LogP contribution in [0.2, 0.25) is 10.0 Å². The van der Waals surface area contributed by atoms with E-state index in [2.05, 4.69) is 39.5 Å². The monoisotopic (exact) mass is 478 g/mol. The summed E-state index contributed by atoms with van der Waals surface area (Å²) in [6.07, 6.45) is 0.431. The van der Waals surface area contributed by atoms with Crippen molar-refractivity contribution in [1.82, 2.24) is 5.01 Å². The molecule has 0 saturated carbocycles. The number of fused-ring (bicyclic) bond motifs is 3. The van der Waals surface area contributed by atoms with Crippen LogP contribution in [0.1, 0.15) is 34.7 Å². The van der Waals surface area contributed by atoms with Gasteiger partial charge in [-0.05, 0) is 41.8 Å². The van der Waals surface area contributed by atoms with Crippen LogP contribution >= 0.6 is 50.5 Å². The van der Waals surface area contributed by atoms with Gasteiger partial charge in [0.15, 0.2) is 0 Å². The normalized spacial score (nSPS) is 20.7. The molecule has 0 aliphatic carbocycles. The summed E-state index contributed by atoms with van der Waals surface area (Å²) in [5.74, 6) is 0.859. The van der Waals surface area contributed by atoms with E-state index in [1.165, 1.54) is 4.88 Å². The van der Waals surface area contributed by atoms with Crippen LogP contribution in [-0.2, 0) is 0 Å². The molecule has 0 saturated heterocycles. The van der Waals surface area contributed by atoms with Crippen molar-refractivity contribution >= 4 is 56.2 Å². The number of ether oxygens (including phenoxy) is 1. The molecule has 2 atom stereocenters. The van der Waals surface area contributed by atoms with Crippen LogP contribution in [0.5, 0.6) is 5.75 Å². The van der Waals surface area contributed by atoms with Crippen molar-refractivity contribution < 1.29 is 4.74 Å². The number of halogens is 3. The zero-order valence-electron chi connectivity index (χ0n) is 13.9. The molecule has 3 nitrogen and oxygen atoms in total. The molecule has 5 rings (SSSR count). The molecule has 0 spiro atoms. The van der Waals surface area contributed by atoms with Crippen molar-refractivity contribution in [1.29, 1.82) is 0 Å². The van der Waals surface area contributed by atoms with Crippen LogP contribution in [0.15, 0.2) is 63.5 Å². The second-order valence-corrected chi connectivity index (χ2v) is 9.15. The van der Waals surface area contributed by atoms with E-state index in [1.54, 1.807) is 17.4 Å². The Balaban J connectivity index is 1.64. The molecule has 136 valence electrons. The lowest BCUT2D eigenvalue weighted by Gasteiger charge is -2.38. The first kappa shape index (κ1) is 17.6. The molecule has 0 N–H and O–H groups in total. The molecule has 7 heteroatoms. The van der Waals surface area contributed by atoms with E-state index in [-0.39, 0.29) is 6.04 Å². The van der Waals surface area contributed by atoms with Crippen molar-refractivity contribution in [2.45, 2.75) is 18.7 Å². The van der Waals surface area contributed by atoms with Crippen LogP contribution in [0.3, 0.4) is 0 Å². The predicted octanol–water partition coefficient (Wildman–Crippen LogP) is 7.06. The fraction of sp³-hybridized carbons (Fsp3) is 0.150. The summed E-state index contributed by atoms with van der Waals surface area (Å²) in [6, 6.07) is 15.8. The first-order valence-corrected chi connectivity index (χ1v) is 10.8. The van der Waals surface area contributed by atoms with Gasteiger partial charge in [0.1, 0.15) is 5.75 Å². The van der Waals surface area contributed by atoms with Crippen LogP contribution in [-0.4, -0.2) is 10.7 Å². The molecule has 0 fully saturated rings. The second kappa shape index (κ2) is 6.82. The number of hydrogen-bond acceptors (Lipinski definition) is 4. The average Bonchev–Trinajstić information content (AvgIpc) is 3.31. The van der Waals surface area contributed by atoms with Gasteiger partial charge >= 0.3 is 0 Å². The van der Waals surface area contributed by atoms with E-state index in [1.807, 2.05) is 29.3 Å². The molecule has 1 aromatic heterocycles. The lowest BCUT2D eigenvalue weighted by molar-refractivity contribution is -0.0190. The summed E-state index contributed by atoms with van der Waals surface area (Å²) < 4.78 is 7.37. The van der Waals surface area contributed by atoms with Gasteiger partial charge in [-0.25, -0.2) is 5.01 Å². The summed E-state index contributed by atoms with van der Waals surface area (Å²) in [4.78, 5) is 1.18. The molecule has 27 heavy (non-hydrogen) atoms. The van der Waals surface area contributed by atoms with Gasteiger partial charge in [0.25, 0.3) is 0 Å². The van der Waals surface area contributed by atoms with Gasteiger partial charge in [0, 0.05) is 27.0 Å². The Bertz CT molecular complexity index is 1050. The van der Waals surface area contributed by atoms with Gasteiger partial charge in [-0.2, -0.15) is 5.10 Å². The molecule has 3 aromatic rings. The molecular weight excluding hydrogens is 467 g/mol. The standard InChI is InChI=1S/C20H13BrCl2N2OS/c21-11-3-6-18-14(8-11)17-10-16(19-2-1-7-27-19)24-25(17)20(26-18)13-5-4-12(22)9-15(13)23/h1-9,17,20H,10H2/t17-,20+/m0/s1. The third-order valence-electron chi connectivity index (χ3n) is 4.79. The Morgan fingerprint density at radius 2 is 2.00 bits per heavy atom. The van der Waals surface area contributed by atoms with Gasteiger partial charge in [-0.15, -0.1) is 11.3 Å². The van der Waals surface area contributed by atoms with Crippen LogP contribution in [0.25, 0.3) is 0 Å². The van der Waals surface area contributed by atoms with Crippen molar-refractivity contribution in [3.8, 4) is 5.75 Å². The van der Waals surface area contributed by atoms with Gasteiger partial charge in [-0.1, -0.05) is 51.3 Å². The van der Waals surface area contributed by atoms with E-state index in [9.17, 15) is 0 Å². The average molecular weight is 480 g/mol. The fourth-order valence-electron chi connectivity index (χ4n) is 3.56. The Labute approximate surface area is 179 Å². The van der Waals surface area contributed by atoms with Crippen LogP contribution in [0, 0.1) is 0 Å². The van der Waals surface area contributed by atoms with E-state index < -0.39 is 6.23 Å². The minimum absolute atomic E-state index is 0.0973. The van der Waals surface area contributed by atoms with Crippen molar-refractivity contribution in [3.05, 3.63) is 84.4 Å². The maximum atomic E-state index is 6.50. The van der Waals surface area contributed by atoms with Crippen molar-refractivity contribution in [2.75, 3.05) is 0 Å². The quantitative estimate of drug-likeness (QED) is 0.393. The summed E-state index contributed by atoms with van der Waals surface area (Å²) in [5.41, 5.74) is 3.05. The molecule has 0 bridgehead atoms. The SMILES string of the molecule is Clc1ccc([C@H]2Oc3ccc(Br)cc3[C@@H]3CC(c4cccs4)=NN23)c(Cl)c1. The topological polar surface area (TPSA) is 24.8 Å². The van der Waals surface area contributed by atoms with Gasteiger partial charge in [0.05, 0.1) is 21.7 Å². The molecule has 2 aliphatic heterocycles. The summed E-state index contributed by atoms with van der Waals surface area (Å²) in [6.45, 7) is 0. The third kappa shape index (κ3) is 3.07. The van der Waals surface area contributed by atoms with E-state index in [4.69, 9.17) is 33.0 Å². The maximum absolute atomic E-state index is 6.50. The van der Waals surface area contributed by atoms with Crippen LogP contribution in [0.4, 0.5) is 0 Å². The van der Waals surface area contributed by atoms with Gasteiger partial charge in [0.2, 0.25) is 6.23 Å². The zero-order valence-corrected chi connectivity index (χ0v) is 17.8. The van der Waals surface area contributed by atoms with Crippen LogP contribution < -0.4 is 4.74 Å². The Morgan fingerprint density at radius 1 is 1.11 bits per heavy atom. The summed E-state index contributed by atoms with van der Waals surface area (Å²) >= 11 is 17.9. The highest BCUT2D eigenvalue weighted by Crippen LogP contribution is 2.49. The van der Waals surface area contributed by atoms with Crippen molar-refractivity contribution in [2.24, 2.45) is 5.10 Å². The fourth-order valence-corrected chi connectivity index (χ4v) is 5.16. The Kier molecular flexibility index (Phi) is 4.43. The molecule has 2 aliphatic rings. The van der Waals surface area contributed by atoms with Gasteiger partial charge in [-0.3, -0.25) is 0 Å². The van der Waals surface area contributed by atoms with Crippen molar-refractivity contribution in [3.63, 3.8) is 0 Å². The van der Waals surface area contributed by atoms with E-state index >= 15 is 0 Å². The number of thiophene rings is 1. The smallest absolute Gasteiger partial charge is 0.215 e. The minimum Gasteiger partial charge on any atom is -0.464 e.